The van der Waals surface area contributed by atoms with Gasteiger partial charge in [0.25, 0.3) is 0 Å². The summed E-state index contributed by atoms with van der Waals surface area (Å²) in [6.07, 6.45) is 0.0948. The third-order valence-electron chi connectivity index (χ3n) is 2.61. The lowest BCUT2D eigenvalue weighted by atomic mass is 9.65. The smallest absolute Gasteiger partial charge is 0.316 e. The van der Waals surface area contributed by atoms with Gasteiger partial charge in [0.15, 0.2) is 0 Å². The van der Waals surface area contributed by atoms with Crippen LogP contribution in [0.5, 0.6) is 0 Å². The maximum Gasteiger partial charge on any atom is 0.316 e. The Labute approximate surface area is 94.5 Å². The van der Waals surface area contributed by atoms with E-state index in [1.54, 1.807) is 18.2 Å². The molecule has 0 unspecified atom stereocenters. The van der Waals surface area contributed by atoms with E-state index in [0.717, 1.165) is 0 Å². The Morgan fingerprint density at radius 2 is 2.13 bits per heavy atom. The summed E-state index contributed by atoms with van der Waals surface area (Å²) in [7, 11) is 0. The predicted molar refractivity (Wildman–Crippen MR) is 55.5 cm³/mol. The van der Waals surface area contributed by atoms with E-state index in [-0.39, 0.29) is 18.6 Å². The number of nitrogens with zero attached hydrogens (tertiary/aromatic N) is 1. The second-order valence-electron chi connectivity index (χ2n) is 3.63. The highest BCUT2D eigenvalue weighted by Crippen LogP contribution is 2.40. The Balaban J connectivity index is 2.43. The molecule has 0 amide bonds. The minimum Gasteiger partial charge on any atom is -0.481 e. The Morgan fingerprint density at radius 3 is 2.60 bits per heavy atom. The van der Waals surface area contributed by atoms with E-state index in [1.807, 2.05) is 0 Å². The molecular weight excluding hydrogens is 262 g/mol. The molecule has 0 bridgehead atoms. The largest absolute Gasteiger partial charge is 0.481 e. The maximum atomic E-state index is 11.2. The van der Waals surface area contributed by atoms with Crippen molar-refractivity contribution >= 4 is 27.7 Å². The fourth-order valence-corrected chi connectivity index (χ4v) is 2.08. The van der Waals surface area contributed by atoms with E-state index >= 15 is 0 Å². The molecule has 5 heteroatoms. The molecule has 0 atom stereocenters. The van der Waals surface area contributed by atoms with E-state index in [0.29, 0.717) is 10.3 Å². The van der Waals surface area contributed by atoms with Crippen molar-refractivity contribution in [2.45, 2.75) is 18.3 Å². The summed E-state index contributed by atoms with van der Waals surface area (Å²) in [4.78, 5) is 26.2. The summed E-state index contributed by atoms with van der Waals surface area (Å²) in [5, 5.41) is 9.14. The molecule has 1 saturated carbocycles. The maximum absolute atomic E-state index is 11.2. The van der Waals surface area contributed by atoms with Crippen LogP contribution >= 0.6 is 15.9 Å². The number of rotatable bonds is 2. The van der Waals surface area contributed by atoms with Gasteiger partial charge in [-0.05, 0) is 28.1 Å². The molecule has 2 rings (SSSR count). The van der Waals surface area contributed by atoms with Crippen molar-refractivity contribution < 1.29 is 14.7 Å². The molecule has 1 aliphatic carbocycles. The van der Waals surface area contributed by atoms with E-state index in [4.69, 9.17) is 5.11 Å². The number of ketones is 1. The Hall–Kier alpha value is -1.23. The quantitative estimate of drug-likeness (QED) is 0.827. The lowest BCUT2D eigenvalue weighted by molar-refractivity contribution is -0.153. The monoisotopic (exact) mass is 269 g/mol. The highest BCUT2D eigenvalue weighted by atomic mass is 79.9. The van der Waals surface area contributed by atoms with Crippen molar-refractivity contribution in [2.24, 2.45) is 0 Å². The SMILES string of the molecule is O=C1CC(C(=O)O)(c2cccc(Br)n2)C1. The lowest BCUT2D eigenvalue weighted by Crippen LogP contribution is -2.48. The van der Waals surface area contributed by atoms with Crippen LogP contribution in [-0.4, -0.2) is 21.8 Å². The standard InChI is InChI=1S/C10H8BrNO3/c11-8-3-1-2-7(12-8)10(9(14)15)4-6(13)5-10/h1-3H,4-5H2,(H,14,15). The number of Topliss-reactive ketones (excluding diaryl/α,β-unsaturated/α-hetero) is 1. The number of aromatic nitrogens is 1. The summed E-state index contributed by atoms with van der Waals surface area (Å²) in [6.45, 7) is 0. The summed E-state index contributed by atoms with van der Waals surface area (Å²) >= 11 is 3.18. The lowest BCUT2D eigenvalue weighted by Gasteiger charge is -2.35. The van der Waals surface area contributed by atoms with Crippen LogP contribution in [0.1, 0.15) is 18.5 Å². The molecule has 1 N–H and O–H groups in total. The molecule has 0 aliphatic heterocycles. The summed E-state index contributed by atoms with van der Waals surface area (Å²) in [6, 6.07) is 5.09. The van der Waals surface area contributed by atoms with Gasteiger partial charge in [-0.25, -0.2) is 4.98 Å². The molecule has 1 aromatic rings. The van der Waals surface area contributed by atoms with E-state index in [1.165, 1.54) is 0 Å². The minimum atomic E-state index is -1.10. The fraction of sp³-hybridized carbons (Fsp3) is 0.300. The normalized spacial score (nSPS) is 18.3. The first-order chi connectivity index (χ1) is 7.04. The van der Waals surface area contributed by atoms with Crippen LogP contribution in [0, 0.1) is 0 Å². The van der Waals surface area contributed by atoms with Gasteiger partial charge in [-0.2, -0.15) is 0 Å². The number of pyridine rings is 1. The first kappa shape index (κ1) is 10.3. The molecule has 4 nitrogen and oxygen atoms in total. The Kier molecular flexibility index (Phi) is 2.34. The van der Waals surface area contributed by atoms with Gasteiger partial charge in [-0.1, -0.05) is 6.07 Å². The van der Waals surface area contributed by atoms with Gasteiger partial charge in [-0.15, -0.1) is 0 Å². The van der Waals surface area contributed by atoms with Gasteiger partial charge >= 0.3 is 5.97 Å². The molecule has 15 heavy (non-hydrogen) atoms. The van der Waals surface area contributed by atoms with Gasteiger partial charge in [0.1, 0.15) is 15.8 Å². The number of carbonyl (C=O) groups excluding carboxylic acids is 1. The van der Waals surface area contributed by atoms with Crippen LogP contribution in [0.15, 0.2) is 22.8 Å². The van der Waals surface area contributed by atoms with Crippen LogP contribution in [0.2, 0.25) is 0 Å². The number of carbonyl (C=O) groups is 2. The van der Waals surface area contributed by atoms with Gasteiger partial charge in [0, 0.05) is 12.8 Å². The number of aliphatic carboxylic acids is 1. The number of carboxylic acid groups (broad SMARTS) is 1. The van der Waals surface area contributed by atoms with Crippen LogP contribution in [0.3, 0.4) is 0 Å². The molecule has 78 valence electrons. The highest BCUT2D eigenvalue weighted by Gasteiger charge is 2.52. The zero-order chi connectivity index (χ0) is 11.1. The predicted octanol–water partition coefficient (Wildman–Crippen LogP) is 1.53. The molecule has 1 fully saturated rings. The second kappa shape index (κ2) is 3.41. The van der Waals surface area contributed by atoms with Crippen LogP contribution in [0.4, 0.5) is 0 Å². The van der Waals surface area contributed by atoms with Gasteiger partial charge in [-0.3, -0.25) is 9.59 Å². The molecule has 0 saturated heterocycles. The molecular formula is C10H8BrNO3. The third kappa shape index (κ3) is 1.56. The van der Waals surface area contributed by atoms with Crippen molar-refractivity contribution in [2.75, 3.05) is 0 Å². The number of hydrogen-bond acceptors (Lipinski definition) is 3. The minimum absolute atomic E-state index is 0.0285. The van der Waals surface area contributed by atoms with Crippen LogP contribution in [0.25, 0.3) is 0 Å². The summed E-state index contributed by atoms with van der Waals surface area (Å²) in [5.74, 6) is -1.01. The zero-order valence-electron chi connectivity index (χ0n) is 7.74. The highest BCUT2D eigenvalue weighted by molar-refractivity contribution is 9.10. The second-order valence-corrected chi connectivity index (χ2v) is 4.44. The van der Waals surface area contributed by atoms with Crippen LogP contribution < -0.4 is 0 Å². The van der Waals surface area contributed by atoms with Gasteiger partial charge < -0.3 is 5.11 Å². The van der Waals surface area contributed by atoms with E-state index < -0.39 is 11.4 Å². The first-order valence-electron chi connectivity index (χ1n) is 4.43. The summed E-state index contributed by atoms with van der Waals surface area (Å²) in [5.41, 5.74) is -0.648. The number of carboxylic acids is 1. The number of halogens is 1. The van der Waals surface area contributed by atoms with Crippen molar-refractivity contribution in [3.05, 3.63) is 28.5 Å². The van der Waals surface area contributed by atoms with E-state index in [9.17, 15) is 9.59 Å². The molecule has 0 radical (unpaired) electrons. The molecule has 1 aromatic heterocycles. The first-order valence-corrected chi connectivity index (χ1v) is 5.22. The van der Waals surface area contributed by atoms with Crippen molar-refractivity contribution in [3.8, 4) is 0 Å². The molecule has 1 heterocycles. The van der Waals surface area contributed by atoms with Crippen LogP contribution in [-0.2, 0) is 15.0 Å². The topological polar surface area (TPSA) is 67.3 Å². The van der Waals surface area contributed by atoms with Gasteiger partial charge in [0.05, 0.1) is 5.69 Å². The van der Waals surface area contributed by atoms with Crippen molar-refractivity contribution in [3.63, 3.8) is 0 Å². The average molecular weight is 270 g/mol. The van der Waals surface area contributed by atoms with Gasteiger partial charge in [0.2, 0.25) is 0 Å². The zero-order valence-corrected chi connectivity index (χ0v) is 9.32. The Bertz CT molecular complexity index is 436. The fourth-order valence-electron chi connectivity index (χ4n) is 1.74. The average Bonchev–Trinajstić information content (AvgIpc) is 2.12. The number of hydrogen-bond donors (Lipinski definition) is 1. The molecule has 0 aromatic carbocycles. The molecule has 0 spiro atoms. The molecule has 1 aliphatic rings. The Morgan fingerprint density at radius 1 is 1.47 bits per heavy atom. The third-order valence-corrected chi connectivity index (χ3v) is 3.05. The summed E-state index contributed by atoms with van der Waals surface area (Å²) < 4.78 is 0.583. The van der Waals surface area contributed by atoms with Crippen molar-refractivity contribution in [1.82, 2.24) is 4.98 Å². The van der Waals surface area contributed by atoms with Crippen molar-refractivity contribution in [1.29, 1.82) is 0 Å². The van der Waals surface area contributed by atoms with E-state index in [2.05, 4.69) is 20.9 Å².